The maximum Gasteiger partial charge on any atom is 0.143 e. The van der Waals surface area contributed by atoms with E-state index in [1.807, 2.05) is 0 Å². The summed E-state index contributed by atoms with van der Waals surface area (Å²) in [6.07, 6.45) is 6.55. The second kappa shape index (κ2) is 3.92. The zero-order valence-electron chi connectivity index (χ0n) is 12.9. The Morgan fingerprint density at radius 2 is 1.86 bits per heavy atom. The molecule has 3 aromatic rings. The van der Waals surface area contributed by atoms with Crippen LogP contribution in [0.25, 0.3) is 28.2 Å². The van der Waals surface area contributed by atoms with Crippen LogP contribution in [-0.4, -0.2) is 0 Å². The third-order valence-corrected chi connectivity index (χ3v) is 5.37. The summed E-state index contributed by atoms with van der Waals surface area (Å²) < 4.78 is 6.30. The molecule has 0 fully saturated rings. The van der Waals surface area contributed by atoms with Crippen molar-refractivity contribution in [2.24, 2.45) is 0 Å². The lowest BCUT2D eigenvalue weighted by molar-refractivity contribution is 0.595. The van der Waals surface area contributed by atoms with Crippen molar-refractivity contribution in [2.45, 2.75) is 32.1 Å². The van der Waals surface area contributed by atoms with Gasteiger partial charge in [-0.3, -0.25) is 0 Å². The van der Waals surface area contributed by atoms with Gasteiger partial charge in [0.1, 0.15) is 11.3 Å². The second-order valence-electron chi connectivity index (χ2n) is 6.92. The van der Waals surface area contributed by atoms with E-state index in [0.29, 0.717) is 0 Å². The van der Waals surface area contributed by atoms with Gasteiger partial charge in [0, 0.05) is 21.9 Å². The van der Waals surface area contributed by atoms with Gasteiger partial charge < -0.3 is 4.42 Å². The molecule has 22 heavy (non-hydrogen) atoms. The van der Waals surface area contributed by atoms with Crippen LogP contribution in [-0.2, 0) is 11.8 Å². The van der Waals surface area contributed by atoms with Crippen LogP contribution in [0, 0.1) is 0 Å². The summed E-state index contributed by atoms with van der Waals surface area (Å²) >= 11 is 0. The average Bonchev–Trinajstić information content (AvgIpc) is 3.02. The van der Waals surface area contributed by atoms with Gasteiger partial charge in [-0.05, 0) is 35.6 Å². The Morgan fingerprint density at radius 1 is 1.00 bits per heavy atom. The number of hydrogen-bond acceptors (Lipinski definition) is 1. The topological polar surface area (TPSA) is 13.1 Å². The van der Waals surface area contributed by atoms with Crippen LogP contribution in [0.4, 0.5) is 0 Å². The predicted molar refractivity (Wildman–Crippen MR) is 91.1 cm³/mol. The molecule has 0 aliphatic heterocycles. The molecule has 108 valence electrons. The van der Waals surface area contributed by atoms with Crippen molar-refractivity contribution < 1.29 is 4.42 Å². The van der Waals surface area contributed by atoms with Crippen LogP contribution in [0.5, 0.6) is 0 Å². The molecule has 1 nitrogen and oxygen atoms in total. The molecule has 0 saturated carbocycles. The van der Waals surface area contributed by atoms with E-state index in [9.17, 15) is 0 Å². The molecule has 0 radical (unpaired) electrons. The summed E-state index contributed by atoms with van der Waals surface area (Å²) in [5, 5.41) is 1.30. The number of fused-ring (bicyclic) bond motifs is 7. The average molecular weight is 286 g/mol. The summed E-state index contributed by atoms with van der Waals surface area (Å²) in [7, 11) is 0. The van der Waals surface area contributed by atoms with E-state index < -0.39 is 0 Å². The van der Waals surface area contributed by atoms with Gasteiger partial charge in [0.2, 0.25) is 0 Å². The van der Waals surface area contributed by atoms with E-state index in [2.05, 4.69) is 62.4 Å². The van der Waals surface area contributed by atoms with Gasteiger partial charge in [-0.2, -0.15) is 0 Å². The highest BCUT2D eigenvalue weighted by molar-refractivity contribution is 6.01. The number of allylic oxidation sites excluding steroid dienone is 1. The Hall–Kier alpha value is -2.28. The molecule has 0 bridgehead atoms. The van der Waals surface area contributed by atoms with Crippen molar-refractivity contribution in [1.29, 1.82) is 0 Å². The predicted octanol–water partition coefficient (Wildman–Crippen LogP) is 5.70. The van der Waals surface area contributed by atoms with E-state index in [0.717, 1.165) is 24.2 Å². The quantitative estimate of drug-likeness (QED) is 0.516. The highest BCUT2D eigenvalue weighted by Crippen LogP contribution is 2.52. The largest absolute Gasteiger partial charge is 0.456 e. The maximum absolute atomic E-state index is 6.30. The number of furan rings is 1. The lowest BCUT2D eigenvalue weighted by Gasteiger charge is -2.21. The van der Waals surface area contributed by atoms with E-state index >= 15 is 0 Å². The fourth-order valence-electron chi connectivity index (χ4n) is 4.22. The normalized spacial score (nSPS) is 17.4. The minimum absolute atomic E-state index is 0.0449. The first kappa shape index (κ1) is 12.3. The number of rotatable bonds is 0. The molecule has 0 amide bonds. The third kappa shape index (κ3) is 1.34. The fourth-order valence-corrected chi connectivity index (χ4v) is 4.22. The van der Waals surface area contributed by atoms with Crippen molar-refractivity contribution >= 4 is 17.0 Å². The van der Waals surface area contributed by atoms with Crippen molar-refractivity contribution in [2.75, 3.05) is 0 Å². The van der Waals surface area contributed by atoms with Gasteiger partial charge >= 0.3 is 0 Å². The summed E-state index contributed by atoms with van der Waals surface area (Å²) in [5.41, 5.74) is 7.93. The molecule has 1 heteroatoms. The van der Waals surface area contributed by atoms with Gasteiger partial charge in [-0.15, -0.1) is 0 Å². The Kier molecular flexibility index (Phi) is 2.19. The summed E-state index contributed by atoms with van der Waals surface area (Å²) in [5.74, 6) is 1.05. The first-order chi connectivity index (χ1) is 10.7. The third-order valence-electron chi connectivity index (χ3n) is 5.37. The van der Waals surface area contributed by atoms with Gasteiger partial charge in [-0.25, -0.2) is 0 Å². The second-order valence-corrected chi connectivity index (χ2v) is 6.92. The molecule has 1 heterocycles. The van der Waals surface area contributed by atoms with E-state index in [-0.39, 0.29) is 5.41 Å². The fraction of sp³-hybridized carbons (Fsp3) is 0.238. The van der Waals surface area contributed by atoms with E-state index in [1.165, 1.54) is 33.2 Å². The molecule has 2 aliphatic carbocycles. The first-order valence-corrected chi connectivity index (χ1v) is 8.03. The monoisotopic (exact) mass is 286 g/mol. The molecule has 0 saturated heterocycles. The van der Waals surface area contributed by atoms with Gasteiger partial charge in [0.25, 0.3) is 0 Å². The maximum atomic E-state index is 6.30. The zero-order chi connectivity index (χ0) is 14.9. The summed E-state index contributed by atoms with van der Waals surface area (Å²) in [6.45, 7) is 4.62. The van der Waals surface area contributed by atoms with Gasteiger partial charge in [0.05, 0.1) is 0 Å². The summed E-state index contributed by atoms with van der Waals surface area (Å²) in [4.78, 5) is 0. The first-order valence-electron chi connectivity index (χ1n) is 8.03. The molecule has 2 aromatic carbocycles. The van der Waals surface area contributed by atoms with Crippen LogP contribution in [0.2, 0.25) is 0 Å². The molecule has 0 spiro atoms. The lowest BCUT2D eigenvalue weighted by Crippen LogP contribution is -2.14. The van der Waals surface area contributed by atoms with Crippen molar-refractivity contribution in [1.82, 2.24) is 0 Å². The van der Waals surface area contributed by atoms with Crippen LogP contribution < -0.4 is 0 Å². The van der Waals surface area contributed by atoms with Crippen molar-refractivity contribution in [3.8, 4) is 11.1 Å². The van der Waals surface area contributed by atoms with Crippen LogP contribution in [0.3, 0.4) is 0 Å². The van der Waals surface area contributed by atoms with Crippen LogP contribution in [0.15, 0.2) is 46.9 Å². The standard InChI is InChI=1S/C21H18O/c1-21(2)16-9-5-3-8-15(16)19-17(21)12-11-14-13-7-4-6-10-18(13)22-20(14)19/h3,5-6,8-12H,4,7H2,1-2H3. The van der Waals surface area contributed by atoms with Crippen molar-refractivity contribution in [3.05, 3.63) is 64.9 Å². The molecular formula is C21H18O. The minimum atomic E-state index is 0.0449. The molecule has 0 N–H and O–H groups in total. The molecule has 5 rings (SSSR count). The Morgan fingerprint density at radius 3 is 2.77 bits per heavy atom. The number of hydrogen-bond donors (Lipinski definition) is 0. The molecule has 2 aliphatic rings. The lowest BCUT2D eigenvalue weighted by atomic mass is 9.82. The van der Waals surface area contributed by atoms with Crippen LogP contribution in [0.1, 0.15) is 42.7 Å². The number of aryl methyl sites for hydroxylation is 1. The molecular weight excluding hydrogens is 268 g/mol. The molecule has 0 atom stereocenters. The highest BCUT2D eigenvalue weighted by Gasteiger charge is 2.37. The smallest absolute Gasteiger partial charge is 0.143 e. The Balaban J connectivity index is 1.95. The van der Waals surface area contributed by atoms with Crippen LogP contribution >= 0.6 is 0 Å². The Bertz CT molecular complexity index is 953. The van der Waals surface area contributed by atoms with E-state index in [1.54, 1.807) is 0 Å². The number of benzene rings is 2. The van der Waals surface area contributed by atoms with Gasteiger partial charge in [0.15, 0.2) is 0 Å². The molecule has 1 aromatic heterocycles. The highest BCUT2D eigenvalue weighted by atomic mass is 16.3. The molecule has 0 unspecified atom stereocenters. The minimum Gasteiger partial charge on any atom is -0.456 e. The SMILES string of the molecule is CC1(C)c2ccccc2-c2c1ccc1c3c(oc21)C=CCC3. The van der Waals surface area contributed by atoms with Crippen molar-refractivity contribution in [3.63, 3.8) is 0 Å². The Labute approximate surface area is 130 Å². The van der Waals surface area contributed by atoms with E-state index in [4.69, 9.17) is 4.42 Å². The summed E-state index contributed by atoms with van der Waals surface area (Å²) in [6, 6.07) is 13.3. The zero-order valence-corrected chi connectivity index (χ0v) is 12.9. The van der Waals surface area contributed by atoms with Gasteiger partial charge in [-0.1, -0.05) is 56.3 Å².